The first-order valence-corrected chi connectivity index (χ1v) is 6.94. The van der Waals surface area contributed by atoms with Crippen molar-refractivity contribution in [1.82, 2.24) is 4.90 Å². The van der Waals surface area contributed by atoms with Crippen molar-refractivity contribution in [2.45, 2.75) is 65.0 Å². The fraction of sp³-hybridized carbons (Fsp3) is 1.00. The lowest BCUT2D eigenvalue weighted by atomic mass is 9.76. The summed E-state index contributed by atoms with van der Waals surface area (Å²) in [7, 11) is 2.23. The molecule has 1 N–H and O–H groups in total. The zero-order valence-electron chi connectivity index (χ0n) is 11.4. The van der Waals surface area contributed by atoms with Gasteiger partial charge in [-0.3, -0.25) is 0 Å². The Bertz CT molecular complexity index is 193. The predicted molar refractivity (Wildman–Crippen MR) is 69.5 cm³/mol. The third-order valence-electron chi connectivity index (χ3n) is 4.13. The molecule has 0 heterocycles. The Morgan fingerprint density at radius 2 is 2.00 bits per heavy atom. The first-order chi connectivity index (χ1) is 7.56. The van der Waals surface area contributed by atoms with Crippen LogP contribution < -0.4 is 0 Å². The maximum absolute atomic E-state index is 9.83. The molecular weight excluding hydrogens is 198 g/mol. The van der Waals surface area contributed by atoms with E-state index in [1.54, 1.807) is 0 Å². The molecule has 0 bridgehead atoms. The summed E-state index contributed by atoms with van der Waals surface area (Å²) >= 11 is 0. The molecule has 0 spiro atoms. The Balaban J connectivity index is 2.56. The van der Waals surface area contributed by atoms with Crippen LogP contribution in [0, 0.1) is 11.8 Å². The van der Waals surface area contributed by atoms with E-state index in [1.165, 1.54) is 25.8 Å². The molecule has 1 saturated carbocycles. The van der Waals surface area contributed by atoms with Crippen LogP contribution in [0.15, 0.2) is 0 Å². The van der Waals surface area contributed by atoms with Crippen molar-refractivity contribution in [3.8, 4) is 0 Å². The van der Waals surface area contributed by atoms with E-state index < -0.39 is 0 Å². The van der Waals surface area contributed by atoms with Crippen LogP contribution in [0.1, 0.15) is 52.9 Å². The van der Waals surface area contributed by atoms with E-state index in [1.807, 2.05) is 0 Å². The van der Waals surface area contributed by atoms with Gasteiger partial charge in [-0.05, 0) is 51.1 Å². The number of unbranched alkanes of at least 4 members (excludes halogenated alkanes) is 1. The predicted octanol–water partition coefficient (Wildman–Crippen LogP) is 2.90. The smallest absolute Gasteiger partial charge is 0.0555 e. The van der Waals surface area contributed by atoms with Crippen LogP contribution >= 0.6 is 0 Å². The molecule has 0 aliphatic heterocycles. The Kier molecular flexibility index (Phi) is 5.77. The van der Waals surface area contributed by atoms with Crippen LogP contribution in [-0.4, -0.2) is 35.7 Å². The fourth-order valence-electron chi connectivity index (χ4n) is 3.01. The molecule has 16 heavy (non-hydrogen) atoms. The quantitative estimate of drug-likeness (QED) is 0.780. The molecule has 2 nitrogen and oxygen atoms in total. The van der Waals surface area contributed by atoms with Gasteiger partial charge in [0.15, 0.2) is 0 Å². The van der Waals surface area contributed by atoms with Gasteiger partial charge in [-0.25, -0.2) is 0 Å². The van der Waals surface area contributed by atoms with Gasteiger partial charge in [-0.2, -0.15) is 0 Å². The molecule has 1 fully saturated rings. The molecule has 0 aromatic heterocycles. The molecule has 0 aromatic carbocycles. The minimum absolute atomic E-state index is 0.0657. The topological polar surface area (TPSA) is 23.5 Å². The second-order valence-corrected chi connectivity index (χ2v) is 5.78. The molecule has 0 saturated heterocycles. The third-order valence-corrected chi connectivity index (χ3v) is 4.13. The minimum atomic E-state index is -0.0657. The van der Waals surface area contributed by atoms with E-state index in [9.17, 15) is 5.11 Å². The van der Waals surface area contributed by atoms with Crippen LogP contribution in [0.3, 0.4) is 0 Å². The standard InChI is InChI=1S/C14H29NO/c1-5-6-9-15(4)14-10-12(16)7-8-13(14)11(2)3/h11-14,16H,5-10H2,1-4H3. The highest BCUT2D eigenvalue weighted by atomic mass is 16.3. The van der Waals surface area contributed by atoms with Gasteiger partial charge in [0.05, 0.1) is 6.10 Å². The minimum Gasteiger partial charge on any atom is -0.393 e. The van der Waals surface area contributed by atoms with Crippen molar-refractivity contribution >= 4 is 0 Å². The first-order valence-electron chi connectivity index (χ1n) is 6.94. The van der Waals surface area contributed by atoms with Gasteiger partial charge < -0.3 is 10.0 Å². The van der Waals surface area contributed by atoms with Gasteiger partial charge in [-0.1, -0.05) is 27.2 Å². The summed E-state index contributed by atoms with van der Waals surface area (Å²) in [6, 6.07) is 0.593. The summed E-state index contributed by atoms with van der Waals surface area (Å²) in [5, 5.41) is 9.83. The van der Waals surface area contributed by atoms with E-state index in [0.717, 1.165) is 24.7 Å². The van der Waals surface area contributed by atoms with E-state index in [0.29, 0.717) is 6.04 Å². The molecule has 3 unspecified atom stereocenters. The van der Waals surface area contributed by atoms with Crippen LogP contribution in [0.25, 0.3) is 0 Å². The van der Waals surface area contributed by atoms with Crippen molar-refractivity contribution in [3.05, 3.63) is 0 Å². The molecule has 3 atom stereocenters. The molecule has 0 radical (unpaired) electrons. The van der Waals surface area contributed by atoms with Crippen LogP contribution in [0.5, 0.6) is 0 Å². The summed E-state index contributed by atoms with van der Waals surface area (Å²) in [5.41, 5.74) is 0. The van der Waals surface area contributed by atoms with E-state index in [4.69, 9.17) is 0 Å². The van der Waals surface area contributed by atoms with Crippen molar-refractivity contribution < 1.29 is 5.11 Å². The number of rotatable bonds is 5. The SMILES string of the molecule is CCCCN(C)C1CC(O)CCC1C(C)C. The summed E-state index contributed by atoms with van der Waals surface area (Å²) in [6.45, 7) is 8.06. The van der Waals surface area contributed by atoms with Crippen molar-refractivity contribution in [2.75, 3.05) is 13.6 Å². The van der Waals surface area contributed by atoms with Crippen molar-refractivity contribution in [1.29, 1.82) is 0 Å². The lowest BCUT2D eigenvalue weighted by Gasteiger charge is -2.42. The largest absolute Gasteiger partial charge is 0.393 e. The van der Waals surface area contributed by atoms with Crippen LogP contribution in [0.4, 0.5) is 0 Å². The highest BCUT2D eigenvalue weighted by molar-refractivity contribution is 4.87. The van der Waals surface area contributed by atoms with Crippen LogP contribution in [-0.2, 0) is 0 Å². The fourth-order valence-corrected chi connectivity index (χ4v) is 3.01. The van der Waals surface area contributed by atoms with Gasteiger partial charge in [0, 0.05) is 6.04 Å². The molecule has 2 heteroatoms. The number of hydrogen-bond donors (Lipinski definition) is 1. The van der Waals surface area contributed by atoms with Gasteiger partial charge in [0.2, 0.25) is 0 Å². The number of hydrogen-bond acceptors (Lipinski definition) is 2. The molecule has 0 aromatic rings. The Morgan fingerprint density at radius 1 is 1.31 bits per heavy atom. The van der Waals surface area contributed by atoms with E-state index in [2.05, 4.69) is 32.7 Å². The third kappa shape index (κ3) is 3.74. The maximum Gasteiger partial charge on any atom is 0.0555 e. The lowest BCUT2D eigenvalue weighted by Crippen LogP contribution is -2.45. The Morgan fingerprint density at radius 3 is 2.56 bits per heavy atom. The van der Waals surface area contributed by atoms with Crippen LogP contribution in [0.2, 0.25) is 0 Å². The second kappa shape index (κ2) is 6.61. The molecule has 1 aliphatic carbocycles. The summed E-state index contributed by atoms with van der Waals surface area (Å²) in [5.74, 6) is 1.51. The molecule has 0 amide bonds. The molecule has 1 aliphatic rings. The highest BCUT2D eigenvalue weighted by Crippen LogP contribution is 2.33. The summed E-state index contributed by atoms with van der Waals surface area (Å²) < 4.78 is 0. The summed E-state index contributed by atoms with van der Waals surface area (Å²) in [6.07, 6.45) is 5.63. The lowest BCUT2D eigenvalue weighted by molar-refractivity contribution is 0.0219. The first kappa shape index (κ1) is 14.0. The summed E-state index contributed by atoms with van der Waals surface area (Å²) in [4.78, 5) is 2.48. The van der Waals surface area contributed by atoms with Gasteiger partial charge >= 0.3 is 0 Å². The molecular formula is C14H29NO. The normalized spacial score (nSPS) is 31.3. The highest BCUT2D eigenvalue weighted by Gasteiger charge is 2.33. The number of aliphatic hydroxyl groups is 1. The average molecular weight is 227 g/mol. The van der Waals surface area contributed by atoms with Crippen molar-refractivity contribution in [2.24, 2.45) is 11.8 Å². The monoisotopic (exact) mass is 227 g/mol. The van der Waals surface area contributed by atoms with Gasteiger partial charge in [-0.15, -0.1) is 0 Å². The number of aliphatic hydroxyl groups excluding tert-OH is 1. The number of nitrogens with zero attached hydrogens (tertiary/aromatic N) is 1. The van der Waals surface area contributed by atoms with Gasteiger partial charge in [0.1, 0.15) is 0 Å². The second-order valence-electron chi connectivity index (χ2n) is 5.78. The van der Waals surface area contributed by atoms with E-state index in [-0.39, 0.29) is 6.10 Å². The zero-order valence-corrected chi connectivity index (χ0v) is 11.4. The Labute approximate surface area is 101 Å². The molecule has 1 rings (SSSR count). The maximum atomic E-state index is 9.83. The van der Waals surface area contributed by atoms with E-state index >= 15 is 0 Å². The van der Waals surface area contributed by atoms with Gasteiger partial charge in [0.25, 0.3) is 0 Å². The molecule has 96 valence electrons. The average Bonchev–Trinajstić information content (AvgIpc) is 2.25. The Hall–Kier alpha value is -0.0800. The zero-order chi connectivity index (χ0) is 12.1. The van der Waals surface area contributed by atoms with Crippen molar-refractivity contribution in [3.63, 3.8) is 0 Å².